The number of hydrogen-bond acceptors (Lipinski definition) is 0. The predicted octanol–water partition coefficient (Wildman–Crippen LogP) is 7.71. The van der Waals surface area contributed by atoms with Crippen molar-refractivity contribution >= 4 is 43.8 Å². The van der Waals surface area contributed by atoms with Crippen LogP contribution in [0.4, 0.5) is 0 Å². The van der Waals surface area contributed by atoms with E-state index in [0.29, 0.717) is 7.25 Å². The average molecular weight is 539 g/mol. The van der Waals surface area contributed by atoms with Crippen LogP contribution in [-0.2, 0) is 17.4 Å². The molecule has 0 bridgehead atoms. The summed E-state index contributed by atoms with van der Waals surface area (Å²) in [6.45, 7) is 16.3. The Labute approximate surface area is 197 Å². The van der Waals surface area contributed by atoms with Crippen molar-refractivity contribution in [2.75, 3.05) is 0 Å². The van der Waals surface area contributed by atoms with Gasteiger partial charge in [-0.25, -0.2) is 0 Å². The first-order chi connectivity index (χ1) is 12.9. The van der Waals surface area contributed by atoms with E-state index in [1.807, 2.05) is 0 Å². The van der Waals surface area contributed by atoms with Crippen molar-refractivity contribution in [3.8, 4) is 0 Å². The van der Waals surface area contributed by atoms with Gasteiger partial charge in [0.25, 0.3) is 0 Å². The molecule has 4 rings (SSSR count). The van der Waals surface area contributed by atoms with Crippen LogP contribution in [0.15, 0.2) is 35.4 Å². The Morgan fingerprint density at radius 3 is 1.30 bits per heavy atom. The van der Waals surface area contributed by atoms with Crippen molar-refractivity contribution in [1.29, 1.82) is 0 Å². The smallest absolute Gasteiger partial charge is 0.147 e. The van der Waals surface area contributed by atoms with Crippen molar-refractivity contribution < 1.29 is 17.4 Å². The molecule has 0 spiro atoms. The summed E-state index contributed by atoms with van der Waals surface area (Å²) in [5, 5.41) is 0. The van der Waals surface area contributed by atoms with Gasteiger partial charge in [-0.1, -0.05) is 0 Å². The van der Waals surface area contributed by atoms with Gasteiger partial charge in [-0.2, -0.15) is 0 Å². The molecule has 0 fully saturated rings. The van der Waals surface area contributed by atoms with Crippen molar-refractivity contribution in [3.05, 3.63) is 79.9 Å². The van der Waals surface area contributed by atoms with Gasteiger partial charge < -0.3 is 0 Å². The van der Waals surface area contributed by atoms with Gasteiger partial charge in [-0.3, -0.25) is 0 Å². The second-order valence-corrected chi connectivity index (χ2v) is 41.1. The molecule has 2 aliphatic rings. The fraction of sp³-hybridized carbons (Fsp3) is 0.385. The van der Waals surface area contributed by atoms with Crippen LogP contribution < -0.4 is 0 Å². The fourth-order valence-corrected chi connectivity index (χ4v) is 27.7. The molecule has 0 saturated carbocycles. The molecule has 2 atom stereocenters. The summed E-state index contributed by atoms with van der Waals surface area (Å²) in [5.41, 5.74) is 15.2. The molecule has 0 saturated heterocycles. The maximum atomic E-state index is 2.72. The summed E-state index contributed by atoms with van der Waals surface area (Å²) in [4.78, 5) is 0. The van der Waals surface area contributed by atoms with Crippen LogP contribution in [0.1, 0.15) is 65.6 Å². The topological polar surface area (TPSA) is 0 Å². The molecular weight excluding hydrogens is 503 g/mol. The summed E-state index contributed by atoms with van der Waals surface area (Å²) in [5.74, 6) is 0. The third-order valence-corrected chi connectivity index (χ3v) is 25.7. The van der Waals surface area contributed by atoms with Gasteiger partial charge in [0, 0.05) is 0 Å². The molecule has 2 unspecified atom stereocenters. The van der Waals surface area contributed by atoms with Gasteiger partial charge in [0.1, 0.15) is 0 Å². The number of fused-ring (bicyclic) bond motifs is 2. The Bertz CT molecular complexity index is 1080. The van der Waals surface area contributed by atoms with E-state index in [0.717, 1.165) is 0 Å². The third kappa shape index (κ3) is 3.61. The van der Waals surface area contributed by atoms with Crippen LogP contribution in [0.3, 0.4) is 0 Å². The SMILES string of the molecule is CC1=Cc2c(ccc(C)c2C)[CH]1[Zr]([CH3])([CH3])(=[SiH2])[CH]1C(C)=Cc2c1ccc(C)c2C.Cl.Cl. The minimum Gasteiger partial charge on any atom is -0.147 e. The maximum Gasteiger partial charge on any atom is -0.147 e. The molecule has 30 heavy (non-hydrogen) atoms. The van der Waals surface area contributed by atoms with Gasteiger partial charge in [-0.15, -0.1) is 24.8 Å². The Kier molecular flexibility index (Phi) is 7.05. The number of halogens is 2. The summed E-state index contributed by atoms with van der Waals surface area (Å²) in [6, 6.07) is 9.58. The molecule has 0 radical (unpaired) electrons. The van der Waals surface area contributed by atoms with Gasteiger partial charge in [0.2, 0.25) is 0 Å². The van der Waals surface area contributed by atoms with Crippen molar-refractivity contribution in [2.24, 2.45) is 0 Å². The van der Waals surface area contributed by atoms with E-state index < -0.39 is 17.4 Å². The molecule has 0 heterocycles. The van der Waals surface area contributed by atoms with E-state index in [1.165, 1.54) is 33.4 Å². The molecule has 2 aromatic rings. The van der Waals surface area contributed by atoms with Crippen LogP contribution in [0, 0.1) is 27.7 Å². The monoisotopic (exact) mass is 536 g/mol. The minimum absolute atomic E-state index is 0. The van der Waals surface area contributed by atoms with Gasteiger partial charge >= 0.3 is 174 Å². The molecule has 4 heteroatoms. The van der Waals surface area contributed by atoms with Crippen LogP contribution in [-0.4, -0.2) is 6.88 Å². The van der Waals surface area contributed by atoms with Gasteiger partial charge in [0.15, 0.2) is 0 Å². The van der Waals surface area contributed by atoms with Crippen molar-refractivity contribution in [2.45, 2.75) is 58.1 Å². The molecule has 0 amide bonds. The molecular formula is C26H36Cl2SiZr. The van der Waals surface area contributed by atoms with Gasteiger partial charge in [0.05, 0.1) is 0 Å². The minimum atomic E-state index is -3.27. The Hall–Kier alpha value is -0.400. The average Bonchev–Trinajstić information content (AvgIpc) is 3.12. The fourth-order valence-electron chi connectivity index (χ4n) is 6.40. The van der Waals surface area contributed by atoms with Crippen molar-refractivity contribution in [1.82, 2.24) is 0 Å². The Morgan fingerprint density at radius 1 is 0.633 bits per heavy atom. The van der Waals surface area contributed by atoms with E-state index in [2.05, 4.69) is 94.1 Å². The molecule has 0 aromatic heterocycles. The molecule has 0 nitrogen and oxygen atoms in total. The summed E-state index contributed by atoms with van der Waals surface area (Å²) in [7, 11) is 0. The van der Waals surface area contributed by atoms with Crippen LogP contribution in [0.25, 0.3) is 12.2 Å². The van der Waals surface area contributed by atoms with Crippen molar-refractivity contribution in [3.63, 3.8) is 0 Å². The van der Waals surface area contributed by atoms with Gasteiger partial charge in [-0.05, 0) is 0 Å². The summed E-state index contributed by atoms with van der Waals surface area (Å²) < 4.78 is 6.71. The molecule has 0 N–H and O–H groups in total. The second-order valence-electron chi connectivity index (χ2n) is 10.6. The second kappa shape index (κ2) is 8.18. The number of hydrogen-bond donors (Lipinski definition) is 0. The molecule has 162 valence electrons. The number of benzene rings is 2. The largest absolute Gasteiger partial charge is 0.147 e. The third-order valence-electron chi connectivity index (χ3n) is 7.81. The van der Waals surface area contributed by atoms with Crippen LogP contribution >= 0.6 is 24.8 Å². The predicted molar refractivity (Wildman–Crippen MR) is 139 cm³/mol. The normalized spacial score (nSPS) is 19.9. The zero-order chi connectivity index (χ0) is 20.6. The van der Waals surface area contributed by atoms with E-state index in [9.17, 15) is 0 Å². The van der Waals surface area contributed by atoms with Crippen LogP contribution in [0.2, 0.25) is 9.26 Å². The maximum absolute atomic E-state index is 3.27. The van der Waals surface area contributed by atoms with E-state index in [1.54, 1.807) is 22.3 Å². The summed E-state index contributed by atoms with van der Waals surface area (Å²) >= 11 is -3.27. The number of rotatable bonds is 2. The first-order valence-electron chi connectivity index (χ1n) is 10.6. The molecule has 0 aliphatic heterocycles. The zero-order valence-corrected chi connectivity index (χ0v) is 25.1. The zero-order valence-electron chi connectivity index (χ0n) is 19.6. The number of aryl methyl sites for hydroxylation is 2. The molecule has 2 aromatic carbocycles. The molecule has 2 aliphatic carbocycles. The number of allylic oxidation sites excluding steroid dienone is 2. The quantitative estimate of drug-likeness (QED) is 0.344. The summed E-state index contributed by atoms with van der Waals surface area (Å²) in [6.07, 6.45) is 5.01. The Balaban J connectivity index is 0.00000160. The standard InChI is InChI=1S/2C12H13.2CH3.2ClH.H2Si.Zr/c2*1-8-6-11-5-4-9(2)10(3)12(11)7-8;;;;;;/h2*4-7H,1-3H3;2*1H3;2*1H;1H2;. The van der Waals surface area contributed by atoms with Crippen LogP contribution in [0.5, 0.6) is 0 Å². The van der Waals surface area contributed by atoms with E-state index in [-0.39, 0.29) is 24.8 Å². The van der Waals surface area contributed by atoms with E-state index in [4.69, 9.17) is 0 Å². The first-order valence-corrected chi connectivity index (χ1v) is 24.2. The Morgan fingerprint density at radius 2 is 0.967 bits per heavy atom. The first kappa shape index (κ1) is 25.9. The van der Waals surface area contributed by atoms with E-state index >= 15 is 0 Å².